The van der Waals surface area contributed by atoms with Crippen LogP contribution in [0.15, 0.2) is 22.7 Å². The van der Waals surface area contributed by atoms with Crippen LogP contribution in [0.5, 0.6) is 0 Å². The van der Waals surface area contributed by atoms with Crippen molar-refractivity contribution in [3.63, 3.8) is 0 Å². The first kappa shape index (κ1) is 12.1. The summed E-state index contributed by atoms with van der Waals surface area (Å²) in [6.45, 7) is 0.773. The second-order valence-electron chi connectivity index (χ2n) is 4.46. The topological polar surface area (TPSA) is 12.0 Å². The van der Waals surface area contributed by atoms with Crippen LogP contribution in [0.25, 0.3) is 0 Å². The molecule has 0 aromatic heterocycles. The van der Waals surface area contributed by atoms with Crippen molar-refractivity contribution in [1.82, 2.24) is 5.32 Å². The van der Waals surface area contributed by atoms with E-state index in [-0.39, 0.29) is 5.82 Å². The normalized spacial score (nSPS) is 17.6. The van der Waals surface area contributed by atoms with E-state index in [1.165, 1.54) is 32.1 Å². The molecule has 0 amide bonds. The monoisotopic (exact) mass is 285 g/mol. The summed E-state index contributed by atoms with van der Waals surface area (Å²) >= 11 is 3.16. The molecule has 88 valence electrons. The minimum Gasteiger partial charge on any atom is -0.310 e. The van der Waals surface area contributed by atoms with Crippen LogP contribution >= 0.6 is 15.9 Å². The first-order chi connectivity index (χ1) is 7.75. The largest absolute Gasteiger partial charge is 0.310 e. The lowest BCUT2D eigenvalue weighted by Crippen LogP contribution is -2.30. The Kier molecular flexibility index (Phi) is 4.36. The number of rotatable bonds is 3. The second-order valence-corrected chi connectivity index (χ2v) is 5.32. The number of nitrogens with one attached hydrogen (secondary N) is 1. The van der Waals surface area contributed by atoms with Crippen molar-refractivity contribution in [3.05, 3.63) is 34.1 Å². The third-order valence-electron chi connectivity index (χ3n) is 3.18. The molecule has 1 fully saturated rings. The van der Waals surface area contributed by atoms with E-state index in [1.54, 1.807) is 12.1 Å². The van der Waals surface area contributed by atoms with Gasteiger partial charge in [0.25, 0.3) is 0 Å². The zero-order chi connectivity index (χ0) is 11.4. The number of hydrogen-bond acceptors (Lipinski definition) is 1. The molecular weight excluding hydrogens is 269 g/mol. The standard InChI is InChI=1S/C13H17BrFN/c14-12-7-6-10(8-13(12)15)9-16-11-4-2-1-3-5-11/h6-8,11,16H,1-5,9H2. The summed E-state index contributed by atoms with van der Waals surface area (Å²) in [5.74, 6) is -0.178. The summed E-state index contributed by atoms with van der Waals surface area (Å²) in [6, 6.07) is 5.95. The van der Waals surface area contributed by atoms with Crippen LogP contribution in [0.1, 0.15) is 37.7 Å². The quantitative estimate of drug-likeness (QED) is 0.885. The van der Waals surface area contributed by atoms with Gasteiger partial charge in [-0.15, -0.1) is 0 Å². The second kappa shape index (κ2) is 5.78. The van der Waals surface area contributed by atoms with E-state index in [9.17, 15) is 4.39 Å². The van der Waals surface area contributed by atoms with Crippen LogP contribution in [0.2, 0.25) is 0 Å². The van der Waals surface area contributed by atoms with E-state index in [2.05, 4.69) is 21.2 Å². The lowest BCUT2D eigenvalue weighted by atomic mass is 9.95. The molecule has 1 saturated carbocycles. The van der Waals surface area contributed by atoms with Gasteiger partial charge < -0.3 is 5.32 Å². The fraction of sp³-hybridized carbons (Fsp3) is 0.538. The average molecular weight is 286 g/mol. The smallest absolute Gasteiger partial charge is 0.137 e. The third kappa shape index (κ3) is 3.29. The Hall–Kier alpha value is -0.410. The van der Waals surface area contributed by atoms with Crippen molar-refractivity contribution >= 4 is 15.9 Å². The van der Waals surface area contributed by atoms with Crippen LogP contribution < -0.4 is 5.32 Å². The molecule has 0 aliphatic heterocycles. The fourth-order valence-corrected chi connectivity index (χ4v) is 2.47. The van der Waals surface area contributed by atoms with E-state index in [0.29, 0.717) is 10.5 Å². The molecule has 0 heterocycles. The zero-order valence-electron chi connectivity index (χ0n) is 9.31. The Labute approximate surface area is 105 Å². The zero-order valence-corrected chi connectivity index (χ0v) is 10.9. The molecule has 0 atom stereocenters. The van der Waals surface area contributed by atoms with E-state index in [0.717, 1.165) is 12.1 Å². The Morgan fingerprint density at radius 3 is 2.69 bits per heavy atom. The van der Waals surface area contributed by atoms with Crippen LogP contribution in [0, 0.1) is 5.82 Å². The summed E-state index contributed by atoms with van der Waals surface area (Å²) in [7, 11) is 0. The number of halogens is 2. The highest BCUT2D eigenvalue weighted by molar-refractivity contribution is 9.10. The third-order valence-corrected chi connectivity index (χ3v) is 3.83. The number of benzene rings is 1. The molecule has 2 rings (SSSR count). The van der Waals surface area contributed by atoms with Crippen molar-refractivity contribution in [2.24, 2.45) is 0 Å². The highest BCUT2D eigenvalue weighted by Gasteiger charge is 2.12. The Morgan fingerprint density at radius 2 is 2.00 bits per heavy atom. The van der Waals surface area contributed by atoms with Crippen LogP contribution in [0.3, 0.4) is 0 Å². The van der Waals surface area contributed by atoms with E-state index in [4.69, 9.17) is 0 Å². The van der Waals surface area contributed by atoms with Gasteiger partial charge >= 0.3 is 0 Å². The molecule has 0 spiro atoms. The summed E-state index contributed by atoms with van der Waals surface area (Å²) in [4.78, 5) is 0. The molecule has 1 N–H and O–H groups in total. The van der Waals surface area contributed by atoms with Crippen LogP contribution in [-0.2, 0) is 6.54 Å². The Morgan fingerprint density at radius 1 is 1.25 bits per heavy atom. The summed E-state index contributed by atoms with van der Waals surface area (Å²) < 4.78 is 13.8. The molecule has 0 bridgehead atoms. The fourth-order valence-electron chi connectivity index (χ4n) is 2.22. The summed E-state index contributed by atoms with van der Waals surface area (Å²) in [5, 5.41) is 3.50. The minimum absolute atomic E-state index is 0.178. The first-order valence-corrected chi connectivity index (χ1v) is 6.72. The van der Waals surface area contributed by atoms with Crippen molar-refractivity contribution in [2.75, 3.05) is 0 Å². The van der Waals surface area contributed by atoms with Gasteiger partial charge in [-0.2, -0.15) is 0 Å². The van der Waals surface area contributed by atoms with Gasteiger partial charge in [-0.25, -0.2) is 4.39 Å². The Balaban J connectivity index is 1.86. The molecule has 3 heteroatoms. The minimum atomic E-state index is -0.178. The van der Waals surface area contributed by atoms with Gasteiger partial charge in [-0.3, -0.25) is 0 Å². The van der Waals surface area contributed by atoms with Gasteiger partial charge in [-0.05, 0) is 46.5 Å². The van der Waals surface area contributed by atoms with Crippen molar-refractivity contribution in [3.8, 4) is 0 Å². The average Bonchev–Trinajstić information content (AvgIpc) is 2.32. The van der Waals surface area contributed by atoms with Gasteiger partial charge in [0, 0.05) is 12.6 Å². The molecule has 1 aromatic carbocycles. The summed E-state index contributed by atoms with van der Waals surface area (Å²) in [5.41, 5.74) is 1.02. The number of hydrogen-bond donors (Lipinski definition) is 1. The van der Waals surface area contributed by atoms with Gasteiger partial charge in [0.05, 0.1) is 4.47 Å². The van der Waals surface area contributed by atoms with Gasteiger partial charge in [0.1, 0.15) is 5.82 Å². The molecule has 0 radical (unpaired) electrons. The lowest BCUT2D eigenvalue weighted by Gasteiger charge is -2.22. The summed E-state index contributed by atoms with van der Waals surface area (Å²) in [6.07, 6.45) is 6.54. The molecule has 16 heavy (non-hydrogen) atoms. The van der Waals surface area contributed by atoms with Crippen LogP contribution in [-0.4, -0.2) is 6.04 Å². The highest BCUT2D eigenvalue weighted by Crippen LogP contribution is 2.19. The molecule has 0 unspecified atom stereocenters. The molecular formula is C13H17BrFN. The molecule has 0 saturated heterocycles. The molecule has 1 aliphatic carbocycles. The van der Waals surface area contributed by atoms with Gasteiger partial charge in [0.15, 0.2) is 0 Å². The first-order valence-electron chi connectivity index (χ1n) is 5.93. The Bertz CT molecular complexity index is 348. The van der Waals surface area contributed by atoms with E-state index in [1.807, 2.05) is 6.07 Å². The predicted octanol–water partition coefficient (Wildman–Crippen LogP) is 4.01. The van der Waals surface area contributed by atoms with Crippen molar-refractivity contribution in [2.45, 2.75) is 44.7 Å². The molecule has 1 aromatic rings. The van der Waals surface area contributed by atoms with E-state index >= 15 is 0 Å². The van der Waals surface area contributed by atoms with Crippen LogP contribution in [0.4, 0.5) is 4.39 Å². The SMILES string of the molecule is Fc1cc(CNC2CCCCC2)ccc1Br. The van der Waals surface area contributed by atoms with E-state index < -0.39 is 0 Å². The lowest BCUT2D eigenvalue weighted by molar-refractivity contribution is 0.372. The predicted molar refractivity (Wildman–Crippen MR) is 67.8 cm³/mol. The van der Waals surface area contributed by atoms with Gasteiger partial charge in [0.2, 0.25) is 0 Å². The maximum atomic E-state index is 13.3. The molecule has 1 aliphatic rings. The maximum absolute atomic E-state index is 13.3. The van der Waals surface area contributed by atoms with Crippen molar-refractivity contribution in [1.29, 1.82) is 0 Å². The van der Waals surface area contributed by atoms with Crippen molar-refractivity contribution < 1.29 is 4.39 Å². The van der Waals surface area contributed by atoms with Gasteiger partial charge in [-0.1, -0.05) is 25.3 Å². The highest BCUT2D eigenvalue weighted by atomic mass is 79.9. The molecule has 1 nitrogen and oxygen atoms in total. The maximum Gasteiger partial charge on any atom is 0.137 e.